The van der Waals surface area contributed by atoms with Crippen LogP contribution in [0.2, 0.25) is 0 Å². The number of anilines is 3. The van der Waals surface area contributed by atoms with Crippen LogP contribution in [-0.2, 0) is 31.9 Å². The number of fused-ring (bicyclic) bond motifs is 5. The smallest absolute Gasteiger partial charge is 0.219 e. The SMILES string of the molecule is Cc1nc2cc(C3(c4[c-]c(N5[CH-]N(C)c6ccccc65)ccc4)c4ccccc4-c4ccccc43)[c-]c(Oc3cc(C(C)(C)C)ccn3)n2c1C.[Pt]. The summed E-state index contributed by atoms with van der Waals surface area (Å²) in [5, 5.41) is 0. The first kappa shape index (κ1) is 33.9. The monoisotopic (exact) mass is 859 g/mol. The number of rotatable bonds is 5. The molecule has 52 heavy (non-hydrogen) atoms. The second-order valence-corrected chi connectivity index (χ2v) is 14.6. The number of imidazole rings is 1. The Labute approximate surface area is 320 Å². The fourth-order valence-electron chi connectivity index (χ4n) is 7.86. The molecule has 0 spiro atoms. The predicted molar refractivity (Wildman–Crippen MR) is 204 cm³/mol. The summed E-state index contributed by atoms with van der Waals surface area (Å²) in [6.45, 7) is 12.8. The largest absolute Gasteiger partial charge is 0.504 e. The van der Waals surface area contributed by atoms with Gasteiger partial charge in [-0.1, -0.05) is 81.4 Å². The fraction of sp³-hybridized carbons (Fsp3) is 0.178. The molecule has 0 fully saturated rings. The Morgan fingerprint density at radius 1 is 0.750 bits per heavy atom. The van der Waals surface area contributed by atoms with Crippen molar-refractivity contribution in [2.24, 2.45) is 0 Å². The summed E-state index contributed by atoms with van der Waals surface area (Å²) in [5.41, 5.74) is 12.9. The summed E-state index contributed by atoms with van der Waals surface area (Å²) in [6.07, 6.45) is 1.82. The zero-order valence-electron chi connectivity index (χ0n) is 30.0. The van der Waals surface area contributed by atoms with Gasteiger partial charge in [0.1, 0.15) is 5.88 Å². The number of nitrogens with zero attached hydrogens (tertiary/aromatic N) is 5. The number of benzene rings is 4. The summed E-state index contributed by atoms with van der Waals surface area (Å²) < 4.78 is 8.81. The third kappa shape index (κ3) is 5.10. The number of aromatic nitrogens is 3. The Morgan fingerprint density at radius 2 is 1.42 bits per heavy atom. The van der Waals surface area contributed by atoms with E-state index in [4.69, 9.17) is 9.72 Å². The zero-order chi connectivity index (χ0) is 35.1. The Kier molecular flexibility index (Phi) is 8.15. The van der Waals surface area contributed by atoms with Gasteiger partial charge >= 0.3 is 0 Å². The van der Waals surface area contributed by atoms with E-state index in [1.807, 2.05) is 25.3 Å². The molecule has 4 heterocycles. The quantitative estimate of drug-likeness (QED) is 0.161. The Balaban J connectivity index is 0.00000387. The molecular formula is C45H38N5OPt-3. The van der Waals surface area contributed by atoms with Gasteiger partial charge in [0.15, 0.2) is 0 Å². The van der Waals surface area contributed by atoms with E-state index in [-0.39, 0.29) is 26.5 Å². The molecular weight excluding hydrogens is 822 g/mol. The van der Waals surface area contributed by atoms with Crippen molar-refractivity contribution >= 4 is 22.7 Å². The first-order valence-electron chi connectivity index (χ1n) is 17.4. The maximum absolute atomic E-state index is 6.76. The number of hydrogen-bond acceptors (Lipinski definition) is 5. The first-order chi connectivity index (χ1) is 24.6. The maximum atomic E-state index is 6.76. The molecule has 9 rings (SSSR count). The van der Waals surface area contributed by atoms with Crippen LogP contribution in [0.15, 0.2) is 115 Å². The third-order valence-corrected chi connectivity index (χ3v) is 10.5. The summed E-state index contributed by atoms with van der Waals surface area (Å²) in [6, 6.07) is 46.4. The molecule has 0 saturated carbocycles. The Morgan fingerprint density at radius 3 is 2.13 bits per heavy atom. The van der Waals surface area contributed by atoms with Crippen LogP contribution in [0.4, 0.5) is 17.1 Å². The predicted octanol–water partition coefficient (Wildman–Crippen LogP) is 10.1. The van der Waals surface area contributed by atoms with E-state index >= 15 is 0 Å². The summed E-state index contributed by atoms with van der Waals surface area (Å²) in [4.78, 5) is 14.1. The minimum Gasteiger partial charge on any atom is -0.504 e. The molecule has 0 radical (unpaired) electrons. The van der Waals surface area contributed by atoms with Crippen molar-refractivity contribution in [1.29, 1.82) is 0 Å². The molecule has 2 aliphatic rings. The van der Waals surface area contributed by atoms with Crippen molar-refractivity contribution in [2.75, 3.05) is 16.8 Å². The number of pyridine rings is 2. The van der Waals surface area contributed by atoms with Crippen LogP contribution >= 0.6 is 0 Å². The minimum absolute atomic E-state index is 0. The minimum atomic E-state index is -0.775. The van der Waals surface area contributed by atoms with Gasteiger partial charge in [-0.3, -0.25) is 9.38 Å². The van der Waals surface area contributed by atoms with Gasteiger partial charge in [0.2, 0.25) is 5.88 Å². The van der Waals surface area contributed by atoms with E-state index in [0.717, 1.165) is 50.8 Å². The molecule has 4 aromatic carbocycles. The number of aryl methyl sites for hydroxylation is 2. The van der Waals surface area contributed by atoms with Crippen LogP contribution in [0.5, 0.6) is 11.8 Å². The van der Waals surface area contributed by atoms with E-state index in [1.54, 1.807) is 0 Å². The number of para-hydroxylation sites is 2. The van der Waals surface area contributed by atoms with Gasteiger partial charge in [-0.2, -0.15) is 48.6 Å². The van der Waals surface area contributed by atoms with Crippen molar-refractivity contribution in [3.63, 3.8) is 0 Å². The van der Waals surface area contributed by atoms with Crippen LogP contribution in [0.3, 0.4) is 0 Å². The van der Waals surface area contributed by atoms with Crippen molar-refractivity contribution in [3.05, 3.63) is 173 Å². The second kappa shape index (κ2) is 12.5. The number of ether oxygens (including phenoxy) is 1. The van der Waals surface area contributed by atoms with E-state index in [9.17, 15) is 0 Å². The van der Waals surface area contributed by atoms with Crippen molar-refractivity contribution in [1.82, 2.24) is 14.4 Å². The molecule has 0 unspecified atom stereocenters. The van der Waals surface area contributed by atoms with Crippen LogP contribution in [0.1, 0.15) is 60.0 Å². The van der Waals surface area contributed by atoms with Crippen LogP contribution in [-0.4, -0.2) is 21.4 Å². The van der Waals surface area contributed by atoms with Gasteiger partial charge in [0.05, 0.1) is 11.3 Å². The van der Waals surface area contributed by atoms with E-state index < -0.39 is 5.41 Å². The molecule has 7 aromatic rings. The maximum Gasteiger partial charge on any atom is 0.219 e. The molecule has 1 aliphatic heterocycles. The molecule has 6 nitrogen and oxygen atoms in total. The second-order valence-electron chi connectivity index (χ2n) is 14.6. The first-order valence-corrected chi connectivity index (χ1v) is 17.4. The van der Waals surface area contributed by atoms with E-state index in [2.05, 4.69) is 170 Å². The summed E-state index contributed by atoms with van der Waals surface area (Å²) in [5.74, 6) is 1.06. The fourth-order valence-corrected chi connectivity index (χ4v) is 7.86. The van der Waals surface area contributed by atoms with Gasteiger partial charge in [0.25, 0.3) is 0 Å². The molecule has 0 saturated heterocycles. The molecule has 0 bridgehead atoms. The third-order valence-electron chi connectivity index (χ3n) is 10.5. The molecule has 0 amide bonds. The van der Waals surface area contributed by atoms with Crippen LogP contribution in [0.25, 0.3) is 16.8 Å². The zero-order valence-corrected chi connectivity index (χ0v) is 32.3. The molecule has 1 aliphatic carbocycles. The average Bonchev–Trinajstić information content (AvgIpc) is 3.75. The Bertz CT molecular complexity index is 2450. The van der Waals surface area contributed by atoms with Gasteiger partial charge in [-0.25, -0.2) is 4.98 Å². The van der Waals surface area contributed by atoms with Crippen LogP contribution < -0.4 is 14.5 Å². The standard InChI is InChI=1S/C45H38N5O.Pt/c1-29-30(2)50-41(47-29)25-33(27-43(50)51-42-26-31(22-23-46-42)44(3,4)5)45(37-18-9-7-16-35(37)36-17-8-10-19-38(36)45)32-14-13-15-34(24-32)49-28-48(6)39-20-11-12-21-40(39)49;/h7-23,25-26,28H,1-6H3;/q-3;. The van der Waals surface area contributed by atoms with E-state index in [0.29, 0.717) is 11.8 Å². The van der Waals surface area contributed by atoms with Crippen molar-refractivity contribution < 1.29 is 25.8 Å². The average molecular weight is 860 g/mol. The van der Waals surface area contributed by atoms with Crippen LogP contribution in [0, 0.1) is 32.6 Å². The van der Waals surface area contributed by atoms with Gasteiger partial charge in [-0.05, 0) is 72.3 Å². The topological polar surface area (TPSA) is 45.9 Å². The molecule has 0 N–H and O–H groups in total. The molecule has 0 atom stereocenters. The van der Waals surface area contributed by atoms with E-state index in [1.165, 1.54) is 22.3 Å². The molecule has 3 aromatic heterocycles. The molecule has 7 heteroatoms. The van der Waals surface area contributed by atoms with Crippen molar-refractivity contribution in [3.8, 4) is 22.9 Å². The number of hydrogen-bond donors (Lipinski definition) is 0. The summed E-state index contributed by atoms with van der Waals surface area (Å²) >= 11 is 0. The van der Waals surface area contributed by atoms with Crippen molar-refractivity contribution in [2.45, 2.75) is 45.4 Å². The Hall–Kier alpha value is -5.19. The normalized spacial score (nSPS) is 14.2. The van der Waals surface area contributed by atoms with Gasteiger partial charge in [-0.15, -0.1) is 11.3 Å². The summed E-state index contributed by atoms with van der Waals surface area (Å²) in [7, 11) is 2.08. The molecule has 262 valence electrons. The van der Waals surface area contributed by atoms with Gasteiger partial charge in [0, 0.05) is 55.8 Å². The van der Waals surface area contributed by atoms with Gasteiger partial charge < -0.3 is 14.5 Å².